The van der Waals surface area contributed by atoms with E-state index in [1.807, 2.05) is 19.1 Å². The first-order valence-corrected chi connectivity index (χ1v) is 4.27. The maximum absolute atomic E-state index is 11.6. The minimum absolute atomic E-state index is 0.117. The highest BCUT2D eigenvalue weighted by Gasteiger charge is 2.38. The number of hydrogen-bond acceptors (Lipinski definition) is 1. The van der Waals surface area contributed by atoms with E-state index in [4.69, 9.17) is 5.53 Å². The van der Waals surface area contributed by atoms with E-state index >= 15 is 0 Å². The van der Waals surface area contributed by atoms with Crippen LogP contribution in [0.4, 0.5) is 5.69 Å². The van der Waals surface area contributed by atoms with Crippen molar-refractivity contribution in [3.63, 3.8) is 0 Å². The van der Waals surface area contributed by atoms with Crippen molar-refractivity contribution in [2.24, 2.45) is 0 Å². The Morgan fingerprint density at radius 1 is 1.43 bits per heavy atom. The molecule has 1 aromatic carbocycles. The first kappa shape index (κ1) is 8.66. The van der Waals surface area contributed by atoms with Gasteiger partial charge in [-0.15, -0.1) is 0 Å². The van der Waals surface area contributed by atoms with Crippen LogP contribution in [0.2, 0.25) is 0 Å². The van der Waals surface area contributed by atoms with Gasteiger partial charge in [-0.05, 0) is 18.6 Å². The molecule has 1 aromatic rings. The molecule has 0 aromatic heterocycles. The number of amides is 1. The van der Waals surface area contributed by atoms with Crippen molar-refractivity contribution < 1.29 is 9.58 Å². The van der Waals surface area contributed by atoms with Gasteiger partial charge in [-0.3, -0.25) is 4.79 Å². The summed E-state index contributed by atoms with van der Waals surface area (Å²) in [5, 5.41) is 0. The summed E-state index contributed by atoms with van der Waals surface area (Å²) in [5.41, 5.74) is 11.4. The highest BCUT2D eigenvalue weighted by Crippen LogP contribution is 2.30. The van der Waals surface area contributed by atoms with Crippen LogP contribution in [0.3, 0.4) is 0 Å². The Balaban J connectivity index is 2.80. The number of para-hydroxylation sites is 1. The van der Waals surface area contributed by atoms with Gasteiger partial charge in [-0.2, -0.15) is 4.79 Å². The number of rotatable bonds is 0. The number of aryl methyl sites for hydroxylation is 1. The highest BCUT2D eigenvalue weighted by atomic mass is 16.2. The predicted octanol–water partition coefficient (Wildman–Crippen LogP) is 0.990. The van der Waals surface area contributed by atoms with Crippen molar-refractivity contribution in [1.82, 2.24) is 0 Å². The minimum atomic E-state index is -0.267. The average Bonchev–Trinajstić information content (AvgIpc) is 2.41. The van der Waals surface area contributed by atoms with E-state index in [-0.39, 0.29) is 11.6 Å². The summed E-state index contributed by atoms with van der Waals surface area (Å²) in [7, 11) is 1.67. The van der Waals surface area contributed by atoms with Gasteiger partial charge in [0.05, 0.1) is 11.3 Å². The Morgan fingerprint density at radius 2 is 2.14 bits per heavy atom. The molecule has 1 heterocycles. The van der Waals surface area contributed by atoms with Crippen LogP contribution in [0.15, 0.2) is 18.2 Å². The third-order valence-electron chi connectivity index (χ3n) is 2.44. The maximum Gasteiger partial charge on any atom is 0.389 e. The molecule has 1 aliphatic heterocycles. The van der Waals surface area contributed by atoms with Crippen LogP contribution in [-0.4, -0.2) is 23.5 Å². The second kappa shape index (κ2) is 2.79. The normalized spacial score (nSPS) is 14.3. The molecule has 0 saturated carbocycles. The molecule has 0 radical (unpaired) electrons. The summed E-state index contributed by atoms with van der Waals surface area (Å²) < 4.78 is 0. The molecule has 0 atom stereocenters. The van der Waals surface area contributed by atoms with Gasteiger partial charge in [0.2, 0.25) is 0 Å². The third kappa shape index (κ3) is 0.916. The molecule has 70 valence electrons. The molecule has 4 heteroatoms. The number of anilines is 1. The Morgan fingerprint density at radius 3 is 2.79 bits per heavy atom. The fraction of sp³-hybridized carbons (Fsp3) is 0.200. The van der Waals surface area contributed by atoms with E-state index in [9.17, 15) is 4.79 Å². The van der Waals surface area contributed by atoms with E-state index in [0.29, 0.717) is 5.56 Å². The van der Waals surface area contributed by atoms with Crippen molar-refractivity contribution in [2.45, 2.75) is 6.92 Å². The molecular formula is C10H9N3O. The van der Waals surface area contributed by atoms with E-state index < -0.39 is 0 Å². The van der Waals surface area contributed by atoms with Crippen molar-refractivity contribution in [1.29, 1.82) is 0 Å². The zero-order chi connectivity index (χ0) is 10.3. The van der Waals surface area contributed by atoms with E-state index in [0.717, 1.165) is 11.3 Å². The lowest BCUT2D eigenvalue weighted by atomic mass is 10.1. The smallest absolute Gasteiger partial charge is 0.361 e. The summed E-state index contributed by atoms with van der Waals surface area (Å²) in [5.74, 6) is -0.267. The van der Waals surface area contributed by atoms with Crippen LogP contribution in [-0.2, 0) is 4.79 Å². The number of carbonyl (C=O) groups excluding carboxylic acids is 1. The van der Waals surface area contributed by atoms with Crippen LogP contribution >= 0.6 is 0 Å². The van der Waals surface area contributed by atoms with Gasteiger partial charge in [-0.1, -0.05) is 12.1 Å². The molecule has 0 aliphatic carbocycles. The van der Waals surface area contributed by atoms with Crippen LogP contribution in [0.25, 0.3) is 5.53 Å². The first-order chi connectivity index (χ1) is 6.66. The van der Waals surface area contributed by atoms with Crippen molar-refractivity contribution in [3.05, 3.63) is 34.9 Å². The Hall–Kier alpha value is -1.93. The summed E-state index contributed by atoms with van der Waals surface area (Å²) in [6.45, 7) is 1.92. The van der Waals surface area contributed by atoms with Crippen LogP contribution < -0.4 is 4.90 Å². The van der Waals surface area contributed by atoms with Gasteiger partial charge in [-0.25, -0.2) is 0 Å². The average molecular weight is 187 g/mol. The third-order valence-corrected chi connectivity index (χ3v) is 2.44. The molecular weight excluding hydrogens is 178 g/mol. The molecule has 0 spiro atoms. The molecule has 4 nitrogen and oxygen atoms in total. The van der Waals surface area contributed by atoms with Gasteiger partial charge in [0, 0.05) is 7.05 Å². The molecule has 0 fully saturated rings. The SMILES string of the molecule is Cc1cccc2c1N(C)C(=O)C2=[N+]=[N-]. The Bertz CT molecular complexity index is 472. The summed E-state index contributed by atoms with van der Waals surface area (Å²) in [6.07, 6.45) is 0. The summed E-state index contributed by atoms with van der Waals surface area (Å²) in [6, 6.07) is 5.54. The summed E-state index contributed by atoms with van der Waals surface area (Å²) in [4.78, 5) is 16.1. The van der Waals surface area contributed by atoms with Crippen molar-refractivity contribution >= 4 is 17.3 Å². The number of hydrogen-bond donors (Lipinski definition) is 0. The largest absolute Gasteiger partial charge is 0.389 e. The second-order valence-corrected chi connectivity index (χ2v) is 3.28. The molecule has 0 N–H and O–H groups in total. The number of nitrogens with zero attached hydrogens (tertiary/aromatic N) is 3. The molecule has 0 bridgehead atoms. The lowest BCUT2D eigenvalue weighted by Crippen LogP contribution is -2.26. The minimum Gasteiger partial charge on any atom is -0.361 e. The second-order valence-electron chi connectivity index (χ2n) is 3.28. The molecule has 0 unspecified atom stereocenters. The van der Waals surface area contributed by atoms with Crippen LogP contribution in [0.1, 0.15) is 11.1 Å². The van der Waals surface area contributed by atoms with Crippen LogP contribution in [0, 0.1) is 6.92 Å². The van der Waals surface area contributed by atoms with E-state index in [1.165, 1.54) is 4.90 Å². The fourth-order valence-corrected chi connectivity index (χ4v) is 1.77. The Kier molecular flexibility index (Phi) is 1.72. The lowest BCUT2D eigenvalue weighted by molar-refractivity contribution is -0.115. The van der Waals surface area contributed by atoms with Gasteiger partial charge >= 0.3 is 11.6 Å². The number of carbonyl (C=O) groups is 1. The van der Waals surface area contributed by atoms with Gasteiger partial charge in [0.1, 0.15) is 0 Å². The fourth-order valence-electron chi connectivity index (χ4n) is 1.77. The maximum atomic E-state index is 11.6. The van der Waals surface area contributed by atoms with Crippen molar-refractivity contribution in [3.8, 4) is 0 Å². The molecule has 0 saturated heterocycles. The quantitative estimate of drug-likeness (QED) is 0.441. The van der Waals surface area contributed by atoms with Gasteiger partial charge in [0.25, 0.3) is 0 Å². The zero-order valence-corrected chi connectivity index (χ0v) is 7.98. The molecule has 1 amide bonds. The van der Waals surface area contributed by atoms with E-state index in [2.05, 4.69) is 4.79 Å². The van der Waals surface area contributed by atoms with Gasteiger partial charge < -0.3 is 10.4 Å². The van der Waals surface area contributed by atoms with Crippen LogP contribution in [0.5, 0.6) is 0 Å². The summed E-state index contributed by atoms with van der Waals surface area (Å²) >= 11 is 0. The molecule has 1 aliphatic rings. The number of fused-ring (bicyclic) bond motifs is 1. The molecule has 14 heavy (non-hydrogen) atoms. The Labute approximate surface area is 81.4 Å². The molecule has 2 rings (SSSR count). The van der Waals surface area contributed by atoms with E-state index in [1.54, 1.807) is 13.1 Å². The first-order valence-electron chi connectivity index (χ1n) is 4.27. The predicted molar refractivity (Wildman–Crippen MR) is 52.3 cm³/mol. The topological polar surface area (TPSA) is 56.7 Å². The van der Waals surface area contributed by atoms with Gasteiger partial charge in [0.15, 0.2) is 0 Å². The standard InChI is InChI=1S/C10H9N3O/c1-6-4-3-5-7-8(12-11)10(14)13(2)9(6)7/h3-5H,1-2H3. The lowest BCUT2D eigenvalue weighted by Gasteiger charge is -2.10. The highest BCUT2D eigenvalue weighted by molar-refractivity contribution is 6.52. The van der Waals surface area contributed by atoms with Crippen molar-refractivity contribution in [2.75, 3.05) is 11.9 Å². The monoisotopic (exact) mass is 187 g/mol. The zero-order valence-electron chi connectivity index (χ0n) is 7.98. The number of benzene rings is 1. The number of likely N-dealkylation sites (N-methyl/N-ethyl adjacent to an activating group) is 1.